The van der Waals surface area contributed by atoms with Crippen LogP contribution in [0.25, 0.3) is 11.1 Å². The molecule has 0 aliphatic rings. The number of aryl methyl sites for hydroxylation is 1. The fraction of sp³-hybridized carbons (Fsp3) is 0.143. The maximum Gasteiger partial charge on any atom is 0.135 e. The summed E-state index contributed by atoms with van der Waals surface area (Å²) in [5.41, 5.74) is 1.95. The quantitative estimate of drug-likeness (QED) is 0.788. The summed E-state index contributed by atoms with van der Waals surface area (Å²) >= 11 is 3.40. The van der Waals surface area contributed by atoms with Gasteiger partial charge >= 0.3 is 0 Å². The minimum atomic E-state index is -0.219. The first-order valence-corrected chi connectivity index (χ1v) is 6.02. The van der Waals surface area contributed by atoms with Gasteiger partial charge in [-0.15, -0.1) is 0 Å². The standard InChI is InChI=1S/C14H12BrFO/c1-9-8-11(17-2)13(15)12(14(9)16)10-6-4-3-5-7-10/h3-8H,1-2H3. The first-order valence-electron chi connectivity index (χ1n) is 5.23. The predicted octanol–water partition coefficient (Wildman–Crippen LogP) is 4.57. The lowest BCUT2D eigenvalue weighted by atomic mass is 10.0. The Hall–Kier alpha value is -1.35. The number of benzene rings is 2. The van der Waals surface area contributed by atoms with Gasteiger partial charge in [0.05, 0.1) is 11.6 Å². The molecule has 0 amide bonds. The lowest BCUT2D eigenvalue weighted by Crippen LogP contribution is -1.94. The smallest absolute Gasteiger partial charge is 0.135 e. The van der Waals surface area contributed by atoms with Gasteiger partial charge in [0.25, 0.3) is 0 Å². The summed E-state index contributed by atoms with van der Waals surface area (Å²) in [6, 6.07) is 11.1. The summed E-state index contributed by atoms with van der Waals surface area (Å²) in [4.78, 5) is 0. The van der Waals surface area contributed by atoms with Crippen molar-refractivity contribution in [2.45, 2.75) is 6.92 Å². The Kier molecular flexibility index (Phi) is 3.48. The molecule has 0 aliphatic heterocycles. The molecular formula is C14H12BrFO. The molecule has 0 aromatic heterocycles. The SMILES string of the molecule is COc1cc(C)c(F)c(-c2ccccc2)c1Br. The number of halogens is 2. The molecule has 3 heteroatoms. The molecule has 0 N–H and O–H groups in total. The van der Waals surface area contributed by atoms with Crippen molar-refractivity contribution >= 4 is 15.9 Å². The molecule has 2 aromatic rings. The van der Waals surface area contributed by atoms with Crippen LogP contribution in [0, 0.1) is 12.7 Å². The van der Waals surface area contributed by atoms with E-state index in [9.17, 15) is 4.39 Å². The molecule has 2 aromatic carbocycles. The van der Waals surface area contributed by atoms with E-state index in [2.05, 4.69) is 15.9 Å². The molecule has 0 atom stereocenters. The van der Waals surface area contributed by atoms with Gasteiger partial charge in [-0.1, -0.05) is 30.3 Å². The largest absolute Gasteiger partial charge is 0.496 e. The molecular weight excluding hydrogens is 283 g/mol. The van der Waals surface area contributed by atoms with E-state index in [-0.39, 0.29) is 5.82 Å². The lowest BCUT2D eigenvalue weighted by Gasteiger charge is -2.12. The topological polar surface area (TPSA) is 9.23 Å². The highest BCUT2D eigenvalue weighted by Crippen LogP contribution is 2.39. The fourth-order valence-electron chi connectivity index (χ4n) is 1.75. The van der Waals surface area contributed by atoms with Gasteiger partial charge in [-0.2, -0.15) is 0 Å². The maximum atomic E-state index is 14.2. The van der Waals surface area contributed by atoms with Crippen molar-refractivity contribution in [2.75, 3.05) is 7.11 Å². The van der Waals surface area contributed by atoms with Crippen LogP contribution in [0.15, 0.2) is 40.9 Å². The van der Waals surface area contributed by atoms with Gasteiger partial charge in [0.2, 0.25) is 0 Å². The van der Waals surface area contributed by atoms with Gasteiger partial charge in [0.15, 0.2) is 0 Å². The monoisotopic (exact) mass is 294 g/mol. The number of rotatable bonds is 2. The second-order valence-electron chi connectivity index (χ2n) is 3.76. The number of ether oxygens (including phenoxy) is 1. The number of hydrogen-bond acceptors (Lipinski definition) is 1. The molecule has 0 spiro atoms. The van der Waals surface area contributed by atoms with E-state index in [0.717, 1.165) is 5.56 Å². The third-order valence-corrected chi connectivity index (χ3v) is 3.42. The van der Waals surface area contributed by atoms with E-state index in [1.165, 1.54) is 0 Å². The zero-order valence-electron chi connectivity index (χ0n) is 9.63. The van der Waals surface area contributed by atoms with E-state index < -0.39 is 0 Å². The van der Waals surface area contributed by atoms with Crippen LogP contribution in [0.3, 0.4) is 0 Å². The second kappa shape index (κ2) is 4.88. The van der Waals surface area contributed by atoms with Crippen LogP contribution in [0.5, 0.6) is 5.75 Å². The van der Waals surface area contributed by atoms with Crippen LogP contribution >= 0.6 is 15.9 Å². The van der Waals surface area contributed by atoms with Gasteiger partial charge in [-0.05, 0) is 40.0 Å². The normalized spacial score (nSPS) is 10.4. The zero-order chi connectivity index (χ0) is 12.4. The molecule has 0 saturated heterocycles. The molecule has 0 unspecified atom stereocenters. The van der Waals surface area contributed by atoms with Crippen molar-refractivity contribution in [3.05, 3.63) is 52.3 Å². The number of hydrogen-bond donors (Lipinski definition) is 0. The van der Waals surface area contributed by atoms with Crippen LogP contribution in [0.4, 0.5) is 4.39 Å². The molecule has 17 heavy (non-hydrogen) atoms. The average molecular weight is 295 g/mol. The van der Waals surface area contributed by atoms with Crippen LogP contribution in [0.1, 0.15) is 5.56 Å². The highest BCUT2D eigenvalue weighted by atomic mass is 79.9. The van der Waals surface area contributed by atoms with Crippen molar-refractivity contribution in [3.8, 4) is 16.9 Å². The summed E-state index contributed by atoms with van der Waals surface area (Å²) < 4.78 is 20.1. The van der Waals surface area contributed by atoms with Gasteiger partial charge in [-0.25, -0.2) is 4.39 Å². The minimum absolute atomic E-state index is 0.219. The molecule has 0 bridgehead atoms. The molecule has 0 fully saturated rings. The first-order chi connectivity index (χ1) is 8.15. The van der Waals surface area contributed by atoms with E-state index in [1.54, 1.807) is 20.1 Å². The molecule has 0 saturated carbocycles. The van der Waals surface area contributed by atoms with Gasteiger partial charge in [0.1, 0.15) is 11.6 Å². The Morgan fingerprint density at radius 2 is 1.82 bits per heavy atom. The third kappa shape index (κ3) is 2.20. The van der Waals surface area contributed by atoms with Gasteiger partial charge in [0, 0.05) is 5.56 Å². The zero-order valence-corrected chi connectivity index (χ0v) is 11.2. The Morgan fingerprint density at radius 1 is 1.18 bits per heavy atom. The molecule has 0 radical (unpaired) electrons. The Bertz CT molecular complexity index is 538. The maximum absolute atomic E-state index is 14.2. The molecule has 0 aliphatic carbocycles. The summed E-state index contributed by atoms with van der Waals surface area (Å²) in [6.45, 7) is 1.73. The van der Waals surface area contributed by atoms with E-state index in [1.807, 2.05) is 30.3 Å². The van der Waals surface area contributed by atoms with E-state index in [4.69, 9.17) is 4.74 Å². The Balaban J connectivity index is 2.72. The minimum Gasteiger partial charge on any atom is -0.496 e. The molecule has 0 heterocycles. The van der Waals surface area contributed by atoms with E-state index >= 15 is 0 Å². The first kappa shape index (κ1) is 12.1. The molecule has 2 rings (SSSR count). The van der Waals surface area contributed by atoms with Gasteiger partial charge < -0.3 is 4.74 Å². The van der Waals surface area contributed by atoms with Gasteiger partial charge in [-0.3, -0.25) is 0 Å². The second-order valence-corrected chi connectivity index (χ2v) is 4.56. The Morgan fingerprint density at radius 3 is 2.41 bits per heavy atom. The van der Waals surface area contributed by atoms with Crippen molar-refractivity contribution < 1.29 is 9.13 Å². The Labute approximate surface area is 108 Å². The highest BCUT2D eigenvalue weighted by Gasteiger charge is 2.16. The molecule has 88 valence electrons. The summed E-state index contributed by atoms with van der Waals surface area (Å²) in [6.07, 6.45) is 0. The lowest BCUT2D eigenvalue weighted by molar-refractivity contribution is 0.410. The summed E-state index contributed by atoms with van der Waals surface area (Å²) in [5.74, 6) is 0.423. The number of methoxy groups -OCH3 is 1. The van der Waals surface area contributed by atoms with Crippen molar-refractivity contribution in [3.63, 3.8) is 0 Å². The summed E-state index contributed by atoms with van der Waals surface area (Å²) in [7, 11) is 1.58. The molecule has 1 nitrogen and oxygen atoms in total. The fourth-order valence-corrected chi connectivity index (χ4v) is 2.43. The van der Waals surface area contributed by atoms with Crippen LogP contribution in [0.2, 0.25) is 0 Å². The predicted molar refractivity (Wildman–Crippen MR) is 70.8 cm³/mol. The van der Waals surface area contributed by atoms with Crippen LogP contribution in [-0.2, 0) is 0 Å². The van der Waals surface area contributed by atoms with Crippen molar-refractivity contribution in [2.24, 2.45) is 0 Å². The average Bonchev–Trinajstić information content (AvgIpc) is 2.35. The van der Waals surface area contributed by atoms with Crippen LogP contribution < -0.4 is 4.74 Å². The van der Waals surface area contributed by atoms with E-state index in [0.29, 0.717) is 21.3 Å². The summed E-state index contributed by atoms with van der Waals surface area (Å²) in [5, 5.41) is 0. The van der Waals surface area contributed by atoms with Crippen molar-refractivity contribution in [1.82, 2.24) is 0 Å². The van der Waals surface area contributed by atoms with Crippen LogP contribution in [-0.4, -0.2) is 7.11 Å². The van der Waals surface area contributed by atoms with Crippen molar-refractivity contribution in [1.29, 1.82) is 0 Å². The third-order valence-electron chi connectivity index (χ3n) is 2.63. The highest BCUT2D eigenvalue weighted by molar-refractivity contribution is 9.10.